The minimum absolute atomic E-state index is 0.477. The second-order valence-electron chi connectivity index (χ2n) is 16.8. The molecular formula is C62H43N. The molecule has 12 rings (SSSR count). The Morgan fingerprint density at radius 3 is 1.10 bits per heavy atom. The summed E-state index contributed by atoms with van der Waals surface area (Å²) in [6.45, 7) is 0. The second-order valence-corrected chi connectivity index (χ2v) is 16.8. The van der Waals surface area contributed by atoms with Crippen molar-refractivity contribution in [2.45, 2.75) is 10.8 Å². The molecule has 0 atom stereocenters. The molecule has 0 unspecified atom stereocenters. The van der Waals surface area contributed by atoms with Crippen LogP contribution in [0.5, 0.6) is 0 Å². The summed E-state index contributed by atoms with van der Waals surface area (Å²) in [6, 6.07) is 96.4. The van der Waals surface area contributed by atoms with Crippen molar-refractivity contribution in [3.05, 3.63) is 305 Å². The van der Waals surface area contributed by atoms with Gasteiger partial charge in [-0.2, -0.15) is 0 Å². The van der Waals surface area contributed by atoms with Gasteiger partial charge in [0, 0.05) is 17.1 Å². The zero-order chi connectivity index (χ0) is 41.8. The zero-order valence-corrected chi connectivity index (χ0v) is 34.8. The van der Waals surface area contributed by atoms with Crippen molar-refractivity contribution in [2.24, 2.45) is 0 Å². The monoisotopic (exact) mass is 801 g/mol. The Kier molecular flexibility index (Phi) is 8.69. The van der Waals surface area contributed by atoms with Gasteiger partial charge in [0.1, 0.15) is 0 Å². The van der Waals surface area contributed by atoms with Crippen LogP contribution in [-0.4, -0.2) is 0 Å². The molecule has 0 saturated heterocycles. The standard InChI is InChI=1S/C62H43N/c1-5-20-44(21-6-1)45-22-19-29-51(42-45)63(50-38-36-49(37-39-50)61(46-23-7-2-8-24-46)57-33-16-13-30-53(57)54-31-14-17-34-58(54)61)52-40-41-56-55-32-15-18-35-59(55)62(60(56)43-52,47-25-9-3-10-26-47)48-27-11-4-12-28-48/h1-43H. The van der Waals surface area contributed by atoms with Gasteiger partial charge in [-0.1, -0.05) is 224 Å². The summed E-state index contributed by atoms with van der Waals surface area (Å²) in [6.07, 6.45) is 0. The highest BCUT2D eigenvalue weighted by atomic mass is 15.1. The van der Waals surface area contributed by atoms with Gasteiger partial charge in [0.05, 0.1) is 10.8 Å². The van der Waals surface area contributed by atoms with E-state index in [9.17, 15) is 0 Å². The topological polar surface area (TPSA) is 3.24 Å². The predicted molar refractivity (Wildman–Crippen MR) is 261 cm³/mol. The Labute approximate surface area is 369 Å². The molecular weight excluding hydrogens is 759 g/mol. The molecule has 0 saturated carbocycles. The van der Waals surface area contributed by atoms with E-state index >= 15 is 0 Å². The van der Waals surface area contributed by atoms with Gasteiger partial charge in [-0.3, -0.25) is 0 Å². The number of hydrogen-bond acceptors (Lipinski definition) is 1. The quantitative estimate of drug-likeness (QED) is 0.148. The van der Waals surface area contributed by atoms with Crippen LogP contribution in [0.2, 0.25) is 0 Å². The fourth-order valence-electron chi connectivity index (χ4n) is 11.0. The fourth-order valence-corrected chi connectivity index (χ4v) is 11.0. The van der Waals surface area contributed by atoms with Gasteiger partial charge >= 0.3 is 0 Å². The molecule has 63 heavy (non-hydrogen) atoms. The minimum atomic E-state index is -0.517. The summed E-state index contributed by atoms with van der Waals surface area (Å²) >= 11 is 0. The third kappa shape index (κ3) is 5.56. The lowest BCUT2D eigenvalue weighted by Gasteiger charge is -2.35. The Bertz CT molecular complexity index is 3180. The van der Waals surface area contributed by atoms with Crippen molar-refractivity contribution in [1.29, 1.82) is 0 Å². The van der Waals surface area contributed by atoms with E-state index in [2.05, 4.69) is 266 Å². The van der Waals surface area contributed by atoms with Crippen molar-refractivity contribution in [1.82, 2.24) is 0 Å². The van der Waals surface area contributed by atoms with Crippen LogP contribution in [0.25, 0.3) is 33.4 Å². The number of anilines is 3. The van der Waals surface area contributed by atoms with Crippen LogP contribution in [0, 0.1) is 0 Å². The molecule has 0 fully saturated rings. The first-order valence-electron chi connectivity index (χ1n) is 21.9. The lowest BCUT2D eigenvalue weighted by atomic mass is 9.67. The van der Waals surface area contributed by atoms with Crippen LogP contribution in [0.3, 0.4) is 0 Å². The average Bonchev–Trinajstić information content (AvgIpc) is 3.84. The summed E-state index contributed by atoms with van der Waals surface area (Å²) in [5.41, 5.74) is 20.0. The highest BCUT2D eigenvalue weighted by Gasteiger charge is 2.47. The van der Waals surface area contributed by atoms with Crippen LogP contribution >= 0.6 is 0 Å². The van der Waals surface area contributed by atoms with E-state index in [0.29, 0.717) is 0 Å². The summed E-state index contributed by atoms with van der Waals surface area (Å²) in [4.78, 5) is 2.45. The Balaban J connectivity index is 1.09. The lowest BCUT2D eigenvalue weighted by molar-refractivity contribution is 0.768. The first-order chi connectivity index (χ1) is 31.3. The van der Waals surface area contributed by atoms with E-state index in [1.807, 2.05) is 0 Å². The number of fused-ring (bicyclic) bond motifs is 6. The minimum Gasteiger partial charge on any atom is -0.310 e. The normalized spacial score (nSPS) is 13.7. The summed E-state index contributed by atoms with van der Waals surface area (Å²) in [5.74, 6) is 0. The maximum Gasteiger partial charge on any atom is 0.0714 e. The highest BCUT2D eigenvalue weighted by molar-refractivity contribution is 5.91. The first-order valence-corrected chi connectivity index (χ1v) is 21.9. The van der Waals surface area contributed by atoms with Crippen LogP contribution in [0.4, 0.5) is 17.1 Å². The van der Waals surface area contributed by atoms with Crippen LogP contribution in [-0.2, 0) is 10.8 Å². The Hall–Kier alpha value is -8.00. The van der Waals surface area contributed by atoms with Gasteiger partial charge < -0.3 is 4.90 Å². The SMILES string of the molecule is c1ccc(-c2cccc(N(c3ccc(C4(c5ccccc5)c5ccccc5-c5ccccc54)cc3)c3ccc4c(c3)C(c3ccccc3)(c3ccccc3)c3ccccc3-4)c2)cc1. The van der Waals surface area contributed by atoms with Gasteiger partial charge in [-0.25, -0.2) is 0 Å². The molecule has 1 nitrogen and oxygen atoms in total. The number of rotatable bonds is 8. The van der Waals surface area contributed by atoms with Gasteiger partial charge in [0.2, 0.25) is 0 Å². The van der Waals surface area contributed by atoms with E-state index in [1.165, 1.54) is 77.9 Å². The van der Waals surface area contributed by atoms with E-state index in [0.717, 1.165) is 17.1 Å². The molecule has 0 heterocycles. The molecule has 0 aromatic heterocycles. The van der Waals surface area contributed by atoms with Gasteiger partial charge in [0.25, 0.3) is 0 Å². The molecule has 296 valence electrons. The fraction of sp³-hybridized carbons (Fsp3) is 0.0323. The molecule has 0 aliphatic heterocycles. The van der Waals surface area contributed by atoms with E-state index < -0.39 is 10.8 Å². The molecule has 10 aromatic rings. The molecule has 0 spiro atoms. The van der Waals surface area contributed by atoms with Crippen molar-refractivity contribution in [3.63, 3.8) is 0 Å². The molecule has 10 aromatic carbocycles. The van der Waals surface area contributed by atoms with Gasteiger partial charge in [0.15, 0.2) is 0 Å². The number of nitrogens with zero attached hydrogens (tertiary/aromatic N) is 1. The maximum absolute atomic E-state index is 2.47. The first kappa shape index (κ1) is 36.8. The van der Waals surface area contributed by atoms with Crippen molar-refractivity contribution < 1.29 is 0 Å². The Morgan fingerprint density at radius 2 is 0.587 bits per heavy atom. The van der Waals surface area contributed by atoms with Crippen LogP contribution in [0.1, 0.15) is 44.5 Å². The molecule has 2 aliphatic carbocycles. The number of benzene rings is 10. The summed E-state index contributed by atoms with van der Waals surface area (Å²) < 4.78 is 0. The summed E-state index contributed by atoms with van der Waals surface area (Å²) in [7, 11) is 0. The third-order valence-corrected chi connectivity index (χ3v) is 13.6. The smallest absolute Gasteiger partial charge is 0.0714 e. The largest absolute Gasteiger partial charge is 0.310 e. The maximum atomic E-state index is 2.47. The predicted octanol–water partition coefficient (Wildman–Crippen LogP) is 15.5. The molecule has 0 N–H and O–H groups in total. The van der Waals surface area contributed by atoms with E-state index in [1.54, 1.807) is 0 Å². The second kappa shape index (κ2) is 14.9. The third-order valence-electron chi connectivity index (χ3n) is 13.6. The highest BCUT2D eigenvalue weighted by Crippen LogP contribution is 2.58. The zero-order valence-electron chi connectivity index (χ0n) is 34.8. The molecule has 0 amide bonds. The summed E-state index contributed by atoms with van der Waals surface area (Å²) in [5, 5.41) is 0. The van der Waals surface area contributed by atoms with E-state index in [4.69, 9.17) is 0 Å². The lowest BCUT2D eigenvalue weighted by Crippen LogP contribution is -2.29. The molecule has 2 aliphatic rings. The van der Waals surface area contributed by atoms with Crippen LogP contribution in [0.15, 0.2) is 261 Å². The van der Waals surface area contributed by atoms with Crippen molar-refractivity contribution in [2.75, 3.05) is 4.90 Å². The van der Waals surface area contributed by atoms with Crippen LogP contribution < -0.4 is 4.90 Å². The van der Waals surface area contributed by atoms with E-state index in [-0.39, 0.29) is 0 Å². The molecule has 0 bridgehead atoms. The molecule has 0 radical (unpaired) electrons. The number of hydrogen-bond donors (Lipinski definition) is 0. The van der Waals surface area contributed by atoms with Gasteiger partial charge in [-0.15, -0.1) is 0 Å². The van der Waals surface area contributed by atoms with Crippen molar-refractivity contribution in [3.8, 4) is 33.4 Å². The van der Waals surface area contributed by atoms with Gasteiger partial charge in [-0.05, 0) is 114 Å². The van der Waals surface area contributed by atoms with Crippen molar-refractivity contribution >= 4 is 17.1 Å². The molecule has 1 heteroatoms. The average molecular weight is 802 g/mol. The Morgan fingerprint density at radius 1 is 0.222 bits per heavy atom.